The first-order valence-corrected chi connectivity index (χ1v) is 12.3. The molecule has 1 saturated heterocycles. The third-order valence-electron chi connectivity index (χ3n) is 4.87. The highest BCUT2D eigenvalue weighted by Crippen LogP contribution is 2.34. The molecule has 1 aliphatic rings. The van der Waals surface area contributed by atoms with Crippen molar-refractivity contribution >= 4 is 58.1 Å². The van der Waals surface area contributed by atoms with Gasteiger partial charge in [0, 0.05) is 5.69 Å². The first kappa shape index (κ1) is 27.1. The summed E-state index contributed by atoms with van der Waals surface area (Å²) in [5, 5.41) is 2.18. The zero-order valence-electron chi connectivity index (χ0n) is 20.0. The SMILES string of the molecule is CCCOC(=O)c1cc(NC(=O)CN2C(=O)S/C(=C/c3ccc(OC)c(OCC)c3)C2=O)ccc1Cl. The molecule has 0 aromatic heterocycles. The van der Waals surface area contributed by atoms with Gasteiger partial charge in [-0.05, 0) is 67.1 Å². The topological polar surface area (TPSA) is 111 Å². The number of imide groups is 1. The number of carbonyl (C=O) groups excluding carboxylic acids is 4. The van der Waals surface area contributed by atoms with Gasteiger partial charge in [-0.25, -0.2) is 4.79 Å². The largest absolute Gasteiger partial charge is 0.493 e. The molecule has 190 valence electrons. The number of amides is 3. The zero-order chi connectivity index (χ0) is 26.2. The van der Waals surface area contributed by atoms with Crippen molar-refractivity contribution in [2.24, 2.45) is 0 Å². The second-order valence-corrected chi connectivity index (χ2v) is 8.89. The van der Waals surface area contributed by atoms with Crippen LogP contribution in [0.2, 0.25) is 5.02 Å². The molecule has 2 aromatic carbocycles. The van der Waals surface area contributed by atoms with Gasteiger partial charge in [0.05, 0.1) is 35.8 Å². The van der Waals surface area contributed by atoms with E-state index in [-0.39, 0.29) is 27.8 Å². The van der Waals surface area contributed by atoms with Crippen LogP contribution >= 0.6 is 23.4 Å². The Labute approximate surface area is 217 Å². The highest BCUT2D eigenvalue weighted by Gasteiger charge is 2.36. The fraction of sp³-hybridized carbons (Fsp3) is 0.280. The Morgan fingerprint density at radius 1 is 1.11 bits per heavy atom. The van der Waals surface area contributed by atoms with Crippen molar-refractivity contribution in [1.29, 1.82) is 0 Å². The van der Waals surface area contributed by atoms with Crippen molar-refractivity contribution in [1.82, 2.24) is 4.90 Å². The van der Waals surface area contributed by atoms with E-state index in [1.165, 1.54) is 25.3 Å². The van der Waals surface area contributed by atoms with Gasteiger partial charge in [0.15, 0.2) is 11.5 Å². The van der Waals surface area contributed by atoms with Crippen LogP contribution in [0, 0.1) is 0 Å². The van der Waals surface area contributed by atoms with E-state index in [0.29, 0.717) is 30.1 Å². The van der Waals surface area contributed by atoms with Crippen molar-refractivity contribution < 1.29 is 33.4 Å². The maximum absolute atomic E-state index is 12.8. The second-order valence-electron chi connectivity index (χ2n) is 7.49. The van der Waals surface area contributed by atoms with Gasteiger partial charge in [0.2, 0.25) is 5.91 Å². The van der Waals surface area contributed by atoms with Crippen LogP contribution in [0.1, 0.15) is 36.2 Å². The van der Waals surface area contributed by atoms with Gasteiger partial charge in [-0.15, -0.1) is 0 Å². The molecule has 0 saturated carbocycles. The molecule has 1 heterocycles. The van der Waals surface area contributed by atoms with Gasteiger partial charge in [-0.3, -0.25) is 19.3 Å². The molecule has 0 radical (unpaired) electrons. The molecule has 9 nitrogen and oxygen atoms in total. The van der Waals surface area contributed by atoms with Gasteiger partial charge < -0.3 is 19.5 Å². The minimum atomic E-state index is -0.614. The minimum absolute atomic E-state index is 0.0999. The molecule has 1 aliphatic heterocycles. The lowest BCUT2D eigenvalue weighted by atomic mass is 10.2. The summed E-state index contributed by atoms with van der Waals surface area (Å²) in [6, 6.07) is 9.47. The predicted molar refractivity (Wildman–Crippen MR) is 137 cm³/mol. The van der Waals surface area contributed by atoms with Crippen LogP contribution in [0.5, 0.6) is 11.5 Å². The first-order valence-electron chi connectivity index (χ1n) is 11.1. The highest BCUT2D eigenvalue weighted by molar-refractivity contribution is 8.18. The van der Waals surface area contributed by atoms with E-state index in [1.54, 1.807) is 24.3 Å². The number of anilines is 1. The third kappa shape index (κ3) is 6.58. The van der Waals surface area contributed by atoms with Crippen molar-refractivity contribution in [3.63, 3.8) is 0 Å². The average molecular weight is 533 g/mol. The molecule has 0 unspecified atom stereocenters. The quantitative estimate of drug-likeness (QED) is 0.336. The molecule has 0 spiro atoms. The van der Waals surface area contributed by atoms with Crippen LogP contribution in [0.3, 0.4) is 0 Å². The number of ether oxygens (including phenoxy) is 3. The molecule has 3 rings (SSSR count). The van der Waals surface area contributed by atoms with Crippen LogP contribution in [-0.4, -0.2) is 54.8 Å². The summed E-state index contributed by atoms with van der Waals surface area (Å²) in [6.07, 6.45) is 2.20. The van der Waals surface area contributed by atoms with Crippen LogP contribution in [0.4, 0.5) is 10.5 Å². The fourth-order valence-electron chi connectivity index (χ4n) is 3.22. The maximum Gasteiger partial charge on any atom is 0.339 e. The van der Waals surface area contributed by atoms with E-state index in [1.807, 2.05) is 13.8 Å². The molecular formula is C25H25ClN2O7S. The van der Waals surface area contributed by atoms with E-state index in [2.05, 4.69) is 5.32 Å². The molecule has 1 fully saturated rings. The Hall–Kier alpha value is -3.50. The molecule has 1 N–H and O–H groups in total. The lowest BCUT2D eigenvalue weighted by Crippen LogP contribution is -2.36. The fourth-order valence-corrected chi connectivity index (χ4v) is 4.25. The number of methoxy groups -OCH3 is 1. The van der Waals surface area contributed by atoms with Crippen LogP contribution in [0.15, 0.2) is 41.3 Å². The maximum atomic E-state index is 12.8. The summed E-state index contributed by atoms with van der Waals surface area (Å²) in [4.78, 5) is 51.1. The number of thioether (sulfide) groups is 1. The number of rotatable bonds is 10. The number of carbonyl (C=O) groups is 4. The smallest absolute Gasteiger partial charge is 0.339 e. The normalized spacial score (nSPS) is 14.2. The van der Waals surface area contributed by atoms with Crippen molar-refractivity contribution in [2.45, 2.75) is 20.3 Å². The number of nitrogens with zero attached hydrogens (tertiary/aromatic N) is 1. The zero-order valence-corrected chi connectivity index (χ0v) is 21.5. The summed E-state index contributed by atoms with van der Waals surface area (Å²) in [5.41, 5.74) is 1.01. The molecule has 2 aromatic rings. The van der Waals surface area contributed by atoms with E-state index in [4.69, 9.17) is 25.8 Å². The summed E-state index contributed by atoms with van der Waals surface area (Å²) < 4.78 is 15.9. The van der Waals surface area contributed by atoms with Gasteiger partial charge in [-0.1, -0.05) is 24.6 Å². The standard InChI is InChI=1S/C25H25ClN2O7S/c1-4-10-35-24(31)17-13-16(7-8-18(17)26)27-22(29)14-28-23(30)21(36-25(28)32)12-15-6-9-19(33-3)20(11-15)34-5-2/h6-9,11-13H,4-5,10,14H2,1-3H3,(H,27,29)/b21-12+. The van der Waals surface area contributed by atoms with E-state index >= 15 is 0 Å². The lowest BCUT2D eigenvalue weighted by molar-refractivity contribution is -0.127. The Balaban J connectivity index is 1.70. The average Bonchev–Trinajstić information content (AvgIpc) is 3.11. The summed E-state index contributed by atoms with van der Waals surface area (Å²) in [7, 11) is 1.52. The lowest BCUT2D eigenvalue weighted by Gasteiger charge is -2.13. The van der Waals surface area contributed by atoms with Gasteiger partial charge >= 0.3 is 5.97 Å². The number of esters is 1. The van der Waals surface area contributed by atoms with E-state index in [0.717, 1.165) is 16.7 Å². The van der Waals surface area contributed by atoms with Crippen molar-refractivity contribution in [3.05, 3.63) is 57.5 Å². The van der Waals surface area contributed by atoms with Crippen LogP contribution < -0.4 is 14.8 Å². The van der Waals surface area contributed by atoms with Crippen molar-refractivity contribution in [3.8, 4) is 11.5 Å². The van der Waals surface area contributed by atoms with Gasteiger partial charge in [-0.2, -0.15) is 0 Å². The molecule has 0 aliphatic carbocycles. The number of benzene rings is 2. The van der Waals surface area contributed by atoms with Crippen molar-refractivity contribution in [2.75, 3.05) is 32.2 Å². The number of halogens is 1. The summed E-state index contributed by atoms with van der Waals surface area (Å²) in [5.74, 6) is -0.762. The Morgan fingerprint density at radius 3 is 2.58 bits per heavy atom. The molecule has 11 heteroatoms. The molecule has 36 heavy (non-hydrogen) atoms. The van der Waals surface area contributed by atoms with Gasteiger partial charge in [0.1, 0.15) is 6.54 Å². The summed E-state index contributed by atoms with van der Waals surface area (Å²) >= 11 is 6.81. The monoisotopic (exact) mass is 532 g/mol. The summed E-state index contributed by atoms with van der Waals surface area (Å²) in [6.45, 7) is 3.88. The van der Waals surface area contributed by atoms with Crippen LogP contribution in [0.25, 0.3) is 6.08 Å². The van der Waals surface area contributed by atoms with Crippen LogP contribution in [-0.2, 0) is 14.3 Å². The number of hydrogen-bond donors (Lipinski definition) is 1. The highest BCUT2D eigenvalue weighted by atomic mass is 35.5. The second kappa shape index (κ2) is 12.5. The van der Waals surface area contributed by atoms with E-state index in [9.17, 15) is 19.2 Å². The Morgan fingerprint density at radius 2 is 1.89 bits per heavy atom. The Kier molecular flexibility index (Phi) is 9.38. The molecule has 0 atom stereocenters. The number of nitrogens with one attached hydrogen (secondary N) is 1. The van der Waals surface area contributed by atoms with Gasteiger partial charge in [0.25, 0.3) is 11.1 Å². The third-order valence-corrected chi connectivity index (χ3v) is 6.10. The number of hydrogen-bond acceptors (Lipinski definition) is 8. The Bertz CT molecular complexity index is 1210. The molecule has 0 bridgehead atoms. The molecular weight excluding hydrogens is 508 g/mol. The first-order chi connectivity index (χ1) is 17.3. The van der Waals surface area contributed by atoms with E-state index < -0.39 is 29.6 Å². The molecule has 3 amide bonds. The predicted octanol–water partition coefficient (Wildman–Crippen LogP) is 4.99. The minimum Gasteiger partial charge on any atom is -0.493 e.